The fraction of sp³-hybridized carbons (Fsp3) is 0.800. The fourth-order valence-electron chi connectivity index (χ4n) is 2.82. The second kappa shape index (κ2) is 6.53. The predicted octanol–water partition coefficient (Wildman–Crippen LogP) is 2.39. The molecule has 1 N–H and O–H groups in total. The molecule has 0 spiro atoms. The molecular weight excluding hydrogens is 238 g/mol. The quantitative estimate of drug-likeness (QED) is 0.888. The van der Waals surface area contributed by atoms with Crippen molar-refractivity contribution in [2.45, 2.75) is 59.0 Å². The molecule has 1 saturated heterocycles. The first kappa shape index (κ1) is 14.5. The zero-order chi connectivity index (χ0) is 13.8. The fourth-order valence-corrected chi connectivity index (χ4v) is 2.82. The molecule has 1 fully saturated rings. The van der Waals surface area contributed by atoms with E-state index in [1.54, 1.807) is 0 Å². The van der Waals surface area contributed by atoms with Crippen molar-refractivity contribution < 1.29 is 4.74 Å². The normalized spacial score (nSPS) is 20.2. The maximum absolute atomic E-state index is 5.58. The molecule has 1 aromatic heterocycles. The molecule has 2 heterocycles. The molecule has 1 aromatic rings. The molecule has 0 radical (unpaired) electrons. The summed E-state index contributed by atoms with van der Waals surface area (Å²) in [5.74, 6) is 0. The van der Waals surface area contributed by atoms with E-state index < -0.39 is 0 Å². The highest BCUT2D eigenvalue weighted by atomic mass is 16.5. The molecule has 4 heteroatoms. The topological polar surface area (TPSA) is 39.1 Å². The first-order valence-electron chi connectivity index (χ1n) is 7.45. The van der Waals surface area contributed by atoms with E-state index in [1.807, 2.05) is 0 Å². The van der Waals surface area contributed by atoms with Crippen LogP contribution in [0.15, 0.2) is 0 Å². The third-order valence-electron chi connectivity index (χ3n) is 3.88. The molecule has 2 rings (SSSR count). The molecule has 0 saturated carbocycles. The van der Waals surface area contributed by atoms with Crippen LogP contribution in [-0.2, 0) is 11.2 Å². The van der Waals surface area contributed by atoms with Crippen molar-refractivity contribution in [2.75, 3.05) is 19.8 Å². The van der Waals surface area contributed by atoms with Crippen molar-refractivity contribution in [3.05, 3.63) is 17.0 Å². The molecule has 4 nitrogen and oxygen atoms in total. The summed E-state index contributed by atoms with van der Waals surface area (Å²) in [6, 6.07) is 0.974. The lowest BCUT2D eigenvalue weighted by molar-refractivity contribution is 0.0541. The summed E-state index contributed by atoms with van der Waals surface area (Å²) in [5, 5.41) is 8.22. The zero-order valence-electron chi connectivity index (χ0n) is 12.7. The monoisotopic (exact) mass is 265 g/mol. The average molecular weight is 265 g/mol. The van der Waals surface area contributed by atoms with E-state index in [0.29, 0.717) is 12.1 Å². The number of aryl methyl sites for hydroxylation is 1. The number of hydrogen-bond acceptors (Lipinski definition) is 3. The molecule has 19 heavy (non-hydrogen) atoms. The summed E-state index contributed by atoms with van der Waals surface area (Å²) >= 11 is 0. The van der Waals surface area contributed by atoms with Gasteiger partial charge in [0.05, 0.1) is 18.3 Å². The molecule has 1 aliphatic rings. The van der Waals surface area contributed by atoms with Gasteiger partial charge in [0.25, 0.3) is 0 Å². The van der Waals surface area contributed by atoms with Crippen molar-refractivity contribution in [3.8, 4) is 0 Å². The molecular formula is C15H27N3O. The van der Waals surface area contributed by atoms with E-state index in [-0.39, 0.29) is 0 Å². The maximum Gasteiger partial charge on any atom is 0.0756 e. The van der Waals surface area contributed by atoms with Crippen LogP contribution in [0.3, 0.4) is 0 Å². The van der Waals surface area contributed by atoms with Crippen LogP contribution < -0.4 is 5.32 Å². The number of ether oxygens (including phenoxy) is 1. The Balaban J connectivity index is 2.05. The molecule has 0 aliphatic carbocycles. The van der Waals surface area contributed by atoms with Crippen molar-refractivity contribution >= 4 is 0 Å². The van der Waals surface area contributed by atoms with E-state index in [1.165, 1.54) is 23.4 Å². The third-order valence-corrected chi connectivity index (χ3v) is 3.88. The molecule has 1 atom stereocenters. The van der Waals surface area contributed by atoms with E-state index >= 15 is 0 Å². The lowest BCUT2D eigenvalue weighted by atomic mass is 10.1. The van der Waals surface area contributed by atoms with Crippen molar-refractivity contribution in [1.29, 1.82) is 0 Å². The van der Waals surface area contributed by atoms with Crippen LogP contribution in [0.2, 0.25) is 0 Å². The van der Waals surface area contributed by atoms with Gasteiger partial charge < -0.3 is 10.1 Å². The Morgan fingerprint density at radius 2 is 2.21 bits per heavy atom. The van der Waals surface area contributed by atoms with Gasteiger partial charge in [0.15, 0.2) is 0 Å². The third kappa shape index (κ3) is 3.57. The van der Waals surface area contributed by atoms with E-state index in [0.717, 1.165) is 32.6 Å². The summed E-state index contributed by atoms with van der Waals surface area (Å²) in [6.45, 7) is 11.4. The second-order valence-electron chi connectivity index (χ2n) is 5.82. The van der Waals surface area contributed by atoms with Gasteiger partial charge in [-0.25, -0.2) is 0 Å². The van der Waals surface area contributed by atoms with Crippen LogP contribution in [-0.4, -0.2) is 35.6 Å². The second-order valence-corrected chi connectivity index (χ2v) is 5.82. The van der Waals surface area contributed by atoms with Crippen LogP contribution in [0.1, 0.15) is 49.7 Å². The van der Waals surface area contributed by atoms with Gasteiger partial charge in [-0.05, 0) is 45.2 Å². The number of rotatable bonds is 5. The predicted molar refractivity (Wildman–Crippen MR) is 77.6 cm³/mol. The molecule has 0 bridgehead atoms. The lowest BCUT2D eigenvalue weighted by Crippen LogP contribution is -2.25. The number of aromatic nitrogens is 2. The Kier molecular flexibility index (Phi) is 4.99. The van der Waals surface area contributed by atoms with Crippen LogP contribution in [0.5, 0.6) is 0 Å². The van der Waals surface area contributed by atoms with Crippen LogP contribution >= 0.6 is 0 Å². The smallest absolute Gasteiger partial charge is 0.0756 e. The summed E-state index contributed by atoms with van der Waals surface area (Å²) in [7, 11) is 0. The zero-order valence-corrected chi connectivity index (χ0v) is 12.7. The average Bonchev–Trinajstić information content (AvgIpc) is 2.67. The van der Waals surface area contributed by atoms with Crippen molar-refractivity contribution in [3.63, 3.8) is 0 Å². The van der Waals surface area contributed by atoms with Gasteiger partial charge in [-0.3, -0.25) is 4.68 Å². The number of nitrogens with one attached hydrogen (secondary N) is 1. The Labute approximate surface area is 116 Å². The van der Waals surface area contributed by atoms with Gasteiger partial charge in [0, 0.05) is 18.3 Å². The molecule has 1 aliphatic heterocycles. The van der Waals surface area contributed by atoms with Crippen molar-refractivity contribution in [2.24, 2.45) is 0 Å². The minimum Gasteiger partial charge on any atom is -0.379 e. The molecule has 1 unspecified atom stereocenters. The number of hydrogen-bond donors (Lipinski definition) is 1. The maximum atomic E-state index is 5.58. The first-order chi connectivity index (χ1) is 9.09. The van der Waals surface area contributed by atoms with Gasteiger partial charge in [-0.2, -0.15) is 5.10 Å². The Morgan fingerprint density at radius 3 is 2.84 bits per heavy atom. The molecule has 0 aromatic carbocycles. The lowest BCUT2D eigenvalue weighted by Gasteiger charge is -2.23. The summed E-state index contributed by atoms with van der Waals surface area (Å²) in [4.78, 5) is 0. The standard InChI is InChI=1S/C15H27N3O/c1-11(2)16-8-7-15-12(3)17-18(13(15)4)14-6-5-9-19-10-14/h11,14,16H,5-10H2,1-4H3. The Bertz CT molecular complexity index is 406. The van der Waals surface area contributed by atoms with Crippen molar-refractivity contribution in [1.82, 2.24) is 15.1 Å². The minimum atomic E-state index is 0.430. The van der Waals surface area contributed by atoms with E-state index in [2.05, 4.69) is 37.7 Å². The Morgan fingerprint density at radius 1 is 1.42 bits per heavy atom. The highest BCUT2D eigenvalue weighted by Gasteiger charge is 2.21. The molecule has 0 amide bonds. The van der Waals surface area contributed by atoms with Crippen LogP contribution in [0.4, 0.5) is 0 Å². The largest absolute Gasteiger partial charge is 0.379 e. The SMILES string of the molecule is Cc1nn(C2CCCOC2)c(C)c1CCNC(C)C. The molecule has 108 valence electrons. The highest BCUT2D eigenvalue weighted by Crippen LogP contribution is 2.23. The highest BCUT2D eigenvalue weighted by molar-refractivity contribution is 5.25. The summed E-state index contributed by atoms with van der Waals surface area (Å²) in [5.41, 5.74) is 3.89. The first-order valence-corrected chi connectivity index (χ1v) is 7.45. The van der Waals surface area contributed by atoms with Crippen LogP contribution in [0, 0.1) is 13.8 Å². The summed E-state index contributed by atoms with van der Waals surface area (Å²) < 4.78 is 7.77. The summed E-state index contributed by atoms with van der Waals surface area (Å²) in [6.07, 6.45) is 3.39. The van der Waals surface area contributed by atoms with Gasteiger partial charge in [0.1, 0.15) is 0 Å². The minimum absolute atomic E-state index is 0.430. The van der Waals surface area contributed by atoms with Gasteiger partial charge in [-0.1, -0.05) is 13.8 Å². The van der Waals surface area contributed by atoms with Gasteiger partial charge in [0.2, 0.25) is 0 Å². The van der Waals surface area contributed by atoms with Gasteiger partial charge in [-0.15, -0.1) is 0 Å². The Hall–Kier alpha value is -0.870. The van der Waals surface area contributed by atoms with E-state index in [9.17, 15) is 0 Å². The van der Waals surface area contributed by atoms with E-state index in [4.69, 9.17) is 9.84 Å². The van der Waals surface area contributed by atoms with Crippen LogP contribution in [0.25, 0.3) is 0 Å². The van der Waals surface area contributed by atoms with Gasteiger partial charge >= 0.3 is 0 Å². The number of nitrogens with zero attached hydrogens (tertiary/aromatic N) is 2.